The molecule has 1 aromatic carbocycles. The van der Waals surface area contributed by atoms with Crippen LogP contribution in [-0.2, 0) is 25.1 Å². The zero-order chi connectivity index (χ0) is 25.8. The van der Waals surface area contributed by atoms with E-state index in [1.54, 1.807) is 0 Å². The molecule has 4 atom stereocenters. The van der Waals surface area contributed by atoms with Gasteiger partial charge >= 0.3 is 13.3 Å². The Morgan fingerprint density at radius 3 is 2.40 bits per heavy atom. The molecule has 0 radical (unpaired) electrons. The quantitative estimate of drug-likeness (QED) is 0.150. The average molecular weight is 512 g/mol. The van der Waals surface area contributed by atoms with Crippen LogP contribution >= 0.6 is 7.60 Å². The molecule has 15 heteroatoms. The molecule has 35 heavy (non-hydrogen) atoms. The summed E-state index contributed by atoms with van der Waals surface area (Å²) in [6.07, 6.45) is -5.15. The fourth-order valence-electron chi connectivity index (χ4n) is 3.45. The Morgan fingerprint density at radius 1 is 1.09 bits per heavy atom. The van der Waals surface area contributed by atoms with Crippen LogP contribution < -0.4 is 21.9 Å². The fraction of sp³-hybridized carbons (Fsp3) is 0.400. The van der Waals surface area contributed by atoms with Crippen molar-refractivity contribution in [1.82, 2.24) is 14.9 Å². The first-order valence-corrected chi connectivity index (χ1v) is 12.3. The Kier molecular flexibility index (Phi) is 8.38. The lowest BCUT2D eigenvalue weighted by atomic mass is 10.1. The zero-order valence-corrected chi connectivity index (χ0v) is 19.1. The van der Waals surface area contributed by atoms with Crippen LogP contribution in [0.3, 0.4) is 0 Å². The van der Waals surface area contributed by atoms with E-state index in [-0.39, 0.29) is 25.3 Å². The molecule has 1 saturated heterocycles. The standard InChI is InChI=1S/C20H25N4O10P/c25-13(22-12-5-3-11(4-6-12)10-35(31,32)33)2-1-8-21-18(29)17-15(27)16(28)19(34-17)24-9-7-14(26)23-20(24)30/h3-7,9,15-17,19,27-28H,1-2,8,10H2,(H,21,29)(H,22,25)(H,23,26,30)(H2,31,32,33)/t15-,16+,17+,19-/m1/s1. The highest BCUT2D eigenvalue weighted by Crippen LogP contribution is 2.39. The number of nitrogens with one attached hydrogen (secondary N) is 3. The van der Waals surface area contributed by atoms with E-state index in [1.807, 2.05) is 4.98 Å². The second-order valence-electron chi connectivity index (χ2n) is 7.91. The maximum Gasteiger partial charge on any atom is 0.330 e. The van der Waals surface area contributed by atoms with Gasteiger partial charge in [-0.3, -0.25) is 28.5 Å². The molecule has 190 valence electrons. The summed E-state index contributed by atoms with van der Waals surface area (Å²) < 4.78 is 17.2. The normalized spacial score (nSPS) is 22.1. The Bertz CT molecular complexity index is 1220. The van der Waals surface area contributed by atoms with Crippen LogP contribution in [0.5, 0.6) is 0 Å². The summed E-state index contributed by atoms with van der Waals surface area (Å²) in [5, 5.41) is 25.5. The summed E-state index contributed by atoms with van der Waals surface area (Å²) in [5.41, 5.74) is -0.673. The van der Waals surface area contributed by atoms with Crippen molar-refractivity contribution in [1.29, 1.82) is 0 Å². The molecule has 1 aliphatic heterocycles. The van der Waals surface area contributed by atoms with Gasteiger partial charge in [0.25, 0.3) is 11.5 Å². The summed E-state index contributed by atoms with van der Waals surface area (Å²) in [7, 11) is -4.18. The largest absolute Gasteiger partial charge is 0.387 e. The summed E-state index contributed by atoms with van der Waals surface area (Å²) >= 11 is 0. The third-order valence-corrected chi connectivity index (χ3v) is 5.91. The van der Waals surface area contributed by atoms with Crippen molar-refractivity contribution in [2.24, 2.45) is 0 Å². The van der Waals surface area contributed by atoms with Crippen LogP contribution in [-0.4, -0.2) is 66.2 Å². The van der Waals surface area contributed by atoms with Crippen molar-refractivity contribution in [3.8, 4) is 0 Å². The Balaban J connectivity index is 1.44. The number of H-pyrrole nitrogens is 1. The predicted molar refractivity (Wildman–Crippen MR) is 120 cm³/mol. The Labute approximate surface area is 197 Å². The van der Waals surface area contributed by atoms with Gasteiger partial charge in [0.2, 0.25) is 5.91 Å². The molecule has 14 nitrogen and oxygen atoms in total. The van der Waals surface area contributed by atoms with Crippen molar-refractivity contribution in [3.63, 3.8) is 0 Å². The highest BCUT2D eigenvalue weighted by atomic mass is 31.2. The molecule has 1 aliphatic rings. The van der Waals surface area contributed by atoms with Crippen molar-refractivity contribution < 1.29 is 38.9 Å². The van der Waals surface area contributed by atoms with Crippen LogP contribution in [0.15, 0.2) is 46.1 Å². The van der Waals surface area contributed by atoms with Gasteiger partial charge in [0.1, 0.15) is 12.2 Å². The molecule has 2 amide bonds. The second kappa shape index (κ2) is 11.1. The molecule has 0 unspecified atom stereocenters. The topological polar surface area (TPSA) is 220 Å². The third-order valence-electron chi connectivity index (χ3n) is 5.13. The summed E-state index contributed by atoms with van der Waals surface area (Å²) in [6.45, 7) is 0.0550. The first-order valence-electron chi connectivity index (χ1n) is 10.5. The summed E-state index contributed by atoms with van der Waals surface area (Å²) in [4.78, 5) is 67.5. The predicted octanol–water partition coefficient (Wildman–Crippen LogP) is -1.63. The highest BCUT2D eigenvalue weighted by molar-refractivity contribution is 7.50. The summed E-state index contributed by atoms with van der Waals surface area (Å²) in [6, 6.07) is 7.03. The van der Waals surface area contributed by atoms with E-state index < -0.39 is 55.5 Å². The number of aliphatic hydroxyl groups excluding tert-OH is 2. The van der Waals surface area contributed by atoms with E-state index in [0.717, 1.165) is 16.8 Å². The minimum Gasteiger partial charge on any atom is -0.387 e. The van der Waals surface area contributed by atoms with Gasteiger partial charge in [-0.2, -0.15) is 0 Å². The molecule has 7 N–H and O–H groups in total. The van der Waals surface area contributed by atoms with Gasteiger partial charge in [0.05, 0.1) is 6.16 Å². The Hall–Kier alpha value is -3.13. The first kappa shape index (κ1) is 26.5. The first-order chi connectivity index (χ1) is 16.4. The number of amides is 2. The lowest BCUT2D eigenvalue weighted by Crippen LogP contribution is -2.43. The van der Waals surface area contributed by atoms with E-state index in [4.69, 9.17) is 14.5 Å². The number of aromatic nitrogens is 2. The van der Waals surface area contributed by atoms with Gasteiger partial charge in [-0.25, -0.2) is 4.79 Å². The fourth-order valence-corrected chi connectivity index (χ4v) is 4.14. The smallest absolute Gasteiger partial charge is 0.330 e. The molecule has 2 aromatic rings. The number of benzene rings is 1. The number of carbonyl (C=O) groups is 2. The number of hydrogen-bond acceptors (Lipinski definition) is 8. The van der Waals surface area contributed by atoms with Crippen LogP contribution in [0, 0.1) is 0 Å². The monoisotopic (exact) mass is 512 g/mol. The van der Waals surface area contributed by atoms with Crippen LogP contribution in [0.2, 0.25) is 0 Å². The Morgan fingerprint density at radius 2 is 1.77 bits per heavy atom. The molecule has 0 spiro atoms. The molecule has 2 heterocycles. The van der Waals surface area contributed by atoms with Gasteiger partial charge in [-0.15, -0.1) is 0 Å². The van der Waals surface area contributed by atoms with Crippen molar-refractivity contribution in [2.45, 2.75) is 43.5 Å². The number of hydrogen-bond donors (Lipinski definition) is 7. The molecular formula is C20H25N4O10P. The third kappa shape index (κ3) is 7.18. The van der Waals surface area contributed by atoms with Crippen LogP contribution in [0.25, 0.3) is 0 Å². The number of carbonyl (C=O) groups excluding carboxylic acids is 2. The number of aromatic amines is 1. The molecule has 0 bridgehead atoms. The molecule has 0 aliphatic carbocycles. The average Bonchev–Trinajstić information content (AvgIpc) is 3.06. The van der Waals surface area contributed by atoms with Gasteiger partial charge in [0.15, 0.2) is 12.3 Å². The maximum atomic E-state index is 12.4. The van der Waals surface area contributed by atoms with E-state index in [1.165, 1.54) is 24.3 Å². The molecule has 1 fully saturated rings. The SMILES string of the molecule is O=C(CCCNC(=O)[C@H]1O[C@@H](n2ccc(=O)[nH]c2=O)[C@@H](O)[C@H]1O)Nc1ccc(CP(=O)(O)O)cc1. The minimum atomic E-state index is -4.18. The van der Waals surface area contributed by atoms with Gasteiger partial charge < -0.3 is 35.4 Å². The van der Waals surface area contributed by atoms with Crippen molar-refractivity contribution in [3.05, 3.63) is 62.9 Å². The van der Waals surface area contributed by atoms with Gasteiger partial charge in [-0.1, -0.05) is 12.1 Å². The molecular weight excluding hydrogens is 487 g/mol. The van der Waals surface area contributed by atoms with Crippen molar-refractivity contribution >= 4 is 25.1 Å². The lowest BCUT2D eigenvalue weighted by Gasteiger charge is -2.16. The van der Waals surface area contributed by atoms with Crippen LogP contribution in [0.4, 0.5) is 5.69 Å². The van der Waals surface area contributed by atoms with E-state index >= 15 is 0 Å². The van der Waals surface area contributed by atoms with Gasteiger partial charge in [-0.05, 0) is 24.1 Å². The summed E-state index contributed by atoms with van der Waals surface area (Å²) in [5.74, 6) is -1.11. The van der Waals surface area contributed by atoms with E-state index in [0.29, 0.717) is 11.3 Å². The molecule has 0 saturated carbocycles. The number of rotatable bonds is 9. The molecule has 1 aromatic heterocycles. The number of nitrogens with zero attached hydrogens (tertiary/aromatic N) is 1. The number of anilines is 1. The van der Waals surface area contributed by atoms with Crippen LogP contribution in [0.1, 0.15) is 24.6 Å². The van der Waals surface area contributed by atoms with E-state index in [2.05, 4.69) is 10.6 Å². The highest BCUT2D eigenvalue weighted by Gasteiger charge is 2.47. The maximum absolute atomic E-state index is 12.4. The lowest BCUT2D eigenvalue weighted by molar-refractivity contribution is -0.138. The minimum absolute atomic E-state index is 0.0383. The van der Waals surface area contributed by atoms with E-state index in [9.17, 15) is 34.0 Å². The van der Waals surface area contributed by atoms with Crippen molar-refractivity contribution in [2.75, 3.05) is 11.9 Å². The number of ether oxygens (including phenoxy) is 1. The number of aliphatic hydroxyl groups is 2. The van der Waals surface area contributed by atoms with Gasteiger partial charge in [0, 0.05) is 30.9 Å². The zero-order valence-electron chi connectivity index (χ0n) is 18.2. The molecule has 3 rings (SSSR count). The second-order valence-corrected chi connectivity index (χ2v) is 9.55.